The zero-order valence-electron chi connectivity index (χ0n) is 13.4. The molecule has 24 heavy (non-hydrogen) atoms. The van der Waals surface area contributed by atoms with Gasteiger partial charge in [0, 0.05) is 12.1 Å². The lowest BCUT2D eigenvalue weighted by atomic mass is 10.2. The summed E-state index contributed by atoms with van der Waals surface area (Å²) in [7, 11) is 0. The highest BCUT2D eigenvalue weighted by Gasteiger charge is 2.08. The van der Waals surface area contributed by atoms with Crippen LogP contribution >= 0.6 is 0 Å². The van der Waals surface area contributed by atoms with Gasteiger partial charge in [-0.15, -0.1) is 0 Å². The number of ether oxygens (including phenoxy) is 2. The first-order chi connectivity index (χ1) is 11.6. The van der Waals surface area contributed by atoms with Gasteiger partial charge in [-0.1, -0.05) is 17.3 Å². The molecule has 1 N–H and O–H groups in total. The third kappa shape index (κ3) is 5.60. The Bertz CT molecular complexity index is 719. The predicted molar refractivity (Wildman–Crippen MR) is 87.5 cm³/mol. The fraction of sp³-hybridized carbons (Fsp3) is 0.235. The summed E-state index contributed by atoms with van der Waals surface area (Å²) in [5.74, 6) is 0.498. The Morgan fingerprint density at radius 3 is 2.67 bits per heavy atom. The van der Waals surface area contributed by atoms with Crippen molar-refractivity contribution < 1.29 is 23.6 Å². The molecular formula is C17H18N2O5. The molecule has 0 saturated carbocycles. The molecule has 0 bridgehead atoms. The maximum absolute atomic E-state index is 11.6. The summed E-state index contributed by atoms with van der Waals surface area (Å²) in [6, 6.07) is 8.80. The number of nitrogens with zero attached hydrogens (tertiary/aromatic N) is 1. The number of carbonyl (C=O) groups is 2. The minimum Gasteiger partial charge on any atom is -0.494 e. The predicted octanol–water partition coefficient (Wildman–Crippen LogP) is 2.58. The molecule has 0 fully saturated rings. The van der Waals surface area contributed by atoms with Gasteiger partial charge in [-0.2, -0.15) is 0 Å². The second-order valence-corrected chi connectivity index (χ2v) is 4.81. The molecule has 0 atom stereocenters. The fourth-order valence-corrected chi connectivity index (χ4v) is 1.80. The van der Waals surface area contributed by atoms with Crippen molar-refractivity contribution in [2.45, 2.75) is 13.8 Å². The summed E-state index contributed by atoms with van der Waals surface area (Å²) < 4.78 is 15.0. The Morgan fingerprint density at radius 2 is 2.04 bits per heavy atom. The van der Waals surface area contributed by atoms with Crippen LogP contribution in [0.3, 0.4) is 0 Å². The van der Waals surface area contributed by atoms with E-state index in [2.05, 4.69) is 10.5 Å². The second kappa shape index (κ2) is 8.52. The molecule has 7 heteroatoms. The summed E-state index contributed by atoms with van der Waals surface area (Å²) in [4.78, 5) is 23.2. The Morgan fingerprint density at radius 1 is 1.29 bits per heavy atom. The molecule has 1 aromatic heterocycles. The first-order valence-electron chi connectivity index (χ1n) is 7.37. The van der Waals surface area contributed by atoms with E-state index in [0.717, 1.165) is 11.3 Å². The Balaban J connectivity index is 1.76. The monoisotopic (exact) mass is 330 g/mol. The molecule has 1 heterocycles. The average molecular weight is 330 g/mol. The molecule has 1 amide bonds. The lowest BCUT2D eigenvalue weighted by Gasteiger charge is -2.03. The number of benzene rings is 1. The summed E-state index contributed by atoms with van der Waals surface area (Å²) >= 11 is 0. The molecule has 126 valence electrons. The largest absolute Gasteiger partial charge is 0.494 e. The van der Waals surface area contributed by atoms with Crippen molar-refractivity contribution in [3.63, 3.8) is 0 Å². The van der Waals surface area contributed by atoms with Crippen molar-refractivity contribution in [1.82, 2.24) is 5.16 Å². The van der Waals surface area contributed by atoms with E-state index in [9.17, 15) is 9.59 Å². The van der Waals surface area contributed by atoms with E-state index in [1.807, 2.05) is 31.2 Å². The standard InChI is InChI=1S/C17H18N2O5/c1-3-22-14-7-4-13(5-8-14)6-9-17(21)23-11-16(20)18-15-10-12(2)24-19-15/h4-10H,3,11H2,1-2H3,(H,18,19,20)/b9-6+. The molecule has 0 saturated heterocycles. The molecule has 0 spiro atoms. The second-order valence-electron chi connectivity index (χ2n) is 4.81. The van der Waals surface area contributed by atoms with Crippen molar-refractivity contribution in [3.05, 3.63) is 47.7 Å². The van der Waals surface area contributed by atoms with Gasteiger partial charge in [0.25, 0.3) is 5.91 Å². The summed E-state index contributed by atoms with van der Waals surface area (Å²) in [5, 5.41) is 6.06. The smallest absolute Gasteiger partial charge is 0.331 e. The van der Waals surface area contributed by atoms with Gasteiger partial charge in [-0.25, -0.2) is 4.79 Å². The van der Waals surface area contributed by atoms with E-state index in [-0.39, 0.29) is 5.82 Å². The molecule has 1 aromatic carbocycles. The Hall–Kier alpha value is -3.09. The highest BCUT2D eigenvalue weighted by Crippen LogP contribution is 2.13. The molecule has 7 nitrogen and oxygen atoms in total. The number of amides is 1. The fourth-order valence-electron chi connectivity index (χ4n) is 1.80. The number of anilines is 1. The number of hydrogen-bond acceptors (Lipinski definition) is 6. The van der Waals surface area contributed by atoms with Crippen molar-refractivity contribution in [1.29, 1.82) is 0 Å². The summed E-state index contributed by atoms with van der Waals surface area (Å²) in [6.45, 7) is 3.80. The zero-order valence-corrected chi connectivity index (χ0v) is 13.4. The van der Waals surface area contributed by atoms with E-state index in [1.165, 1.54) is 6.08 Å². The molecule has 0 aliphatic rings. The third-order valence-electron chi connectivity index (χ3n) is 2.84. The van der Waals surface area contributed by atoms with Crippen LogP contribution in [-0.4, -0.2) is 30.2 Å². The van der Waals surface area contributed by atoms with Crippen LogP contribution in [0.25, 0.3) is 6.08 Å². The molecule has 0 aliphatic heterocycles. The zero-order chi connectivity index (χ0) is 17.4. The van der Waals surface area contributed by atoms with Gasteiger partial charge in [0.15, 0.2) is 12.4 Å². The number of esters is 1. The molecule has 0 aliphatic carbocycles. The van der Waals surface area contributed by atoms with Crippen LogP contribution in [0.5, 0.6) is 5.75 Å². The quantitative estimate of drug-likeness (QED) is 0.620. The van der Waals surface area contributed by atoms with Crippen LogP contribution in [-0.2, 0) is 14.3 Å². The lowest BCUT2D eigenvalue weighted by Crippen LogP contribution is -2.20. The van der Waals surface area contributed by atoms with Crippen molar-refractivity contribution >= 4 is 23.8 Å². The van der Waals surface area contributed by atoms with E-state index < -0.39 is 18.5 Å². The number of nitrogens with one attached hydrogen (secondary N) is 1. The first kappa shape index (κ1) is 17.3. The van der Waals surface area contributed by atoms with Gasteiger partial charge in [0.05, 0.1) is 6.61 Å². The summed E-state index contributed by atoms with van der Waals surface area (Å²) in [6.07, 6.45) is 2.85. The van der Waals surface area contributed by atoms with E-state index in [0.29, 0.717) is 12.4 Å². The Labute approximate surface area is 139 Å². The van der Waals surface area contributed by atoms with Crippen LogP contribution in [0, 0.1) is 6.92 Å². The Kier molecular flexibility index (Phi) is 6.13. The van der Waals surface area contributed by atoms with Crippen LogP contribution in [0.2, 0.25) is 0 Å². The third-order valence-corrected chi connectivity index (χ3v) is 2.84. The van der Waals surface area contributed by atoms with Gasteiger partial charge < -0.3 is 19.3 Å². The van der Waals surface area contributed by atoms with Gasteiger partial charge in [-0.05, 0) is 37.6 Å². The van der Waals surface area contributed by atoms with Crippen LogP contribution < -0.4 is 10.1 Å². The highest BCUT2D eigenvalue weighted by atomic mass is 16.5. The van der Waals surface area contributed by atoms with Gasteiger partial charge in [-0.3, -0.25) is 4.79 Å². The van der Waals surface area contributed by atoms with Crippen LogP contribution in [0.15, 0.2) is 40.9 Å². The number of aryl methyl sites for hydroxylation is 1. The number of aromatic nitrogens is 1. The van der Waals surface area contributed by atoms with Crippen LogP contribution in [0.4, 0.5) is 5.82 Å². The minimum atomic E-state index is -0.615. The van der Waals surface area contributed by atoms with Crippen molar-refractivity contribution in [2.75, 3.05) is 18.5 Å². The molecular weight excluding hydrogens is 312 g/mol. The summed E-state index contributed by atoms with van der Waals surface area (Å²) in [5.41, 5.74) is 0.818. The lowest BCUT2D eigenvalue weighted by molar-refractivity contribution is -0.142. The number of carbonyl (C=O) groups excluding carboxylic acids is 2. The number of hydrogen-bond donors (Lipinski definition) is 1. The molecule has 0 unspecified atom stereocenters. The topological polar surface area (TPSA) is 90.7 Å². The number of rotatable bonds is 7. The van der Waals surface area contributed by atoms with E-state index >= 15 is 0 Å². The highest BCUT2D eigenvalue weighted by molar-refractivity contribution is 5.94. The van der Waals surface area contributed by atoms with E-state index in [1.54, 1.807) is 19.1 Å². The van der Waals surface area contributed by atoms with Gasteiger partial charge >= 0.3 is 5.97 Å². The normalized spacial score (nSPS) is 10.6. The van der Waals surface area contributed by atoms with Crippen LogP contribution in [0.1, 0.15) is 18.2 Å². The molecule has 2 aromatic rings. The van der Waals surface area contributed by atoms with Gasteiger partial charge in [0.1, 0.15) is 11.5 Å². The first-order valence-corrected chi connectivity index (χ1v) is 7.37. The maximum atomic E-state index is 11.6. The minimum absolute atomic E-state index is 0.276. The van der Waals surface area contributed by atoms with E-state index in [4.69, 9.17) is 14.0 Å². The SMILES string of the molecule is CCOc1ccc(/C=C/C(=O)OCC(=O)Nc2cc(C)on2)cc1. The maximum Gasteiger partial charge on any atom is 0.331 e. The average Bonchev–Trinajstić information content (AvgIpc) is 2.97. The van der Waals surface area contributed by atoms with Crippen molar-refractivity contribution in [3.8, 4) is 5.75 Å². The van der Waals surface area contributed by atoms with Gasteiger partial charge in [0.2, 0.25) is 0 Å². The molecule has 2 rings (SSSR count). The molecule has 0 radical (unpaired) electrons. The van der Waals surface area contributed by atoms with Crippen molar-refractivity contribution in [2.24, 2.45) is 0 Å².